The summed E-state index contributed by atoms with van der Waals surface area (Å²) < 4.78 is 1.89. The predicted octanol–water partition coefficient (Wildman–Crippen LogP) is 2.15. The molecule has 0 aliphatic heterocycles. The van der Waals surface area contributed by atoms with Crippen molar-refractivity contribution < 1.29 is 9.90 Å². The second-order valence-electron chi connectivity index (χ2n) is 3.45. The summed E-state index contributed by atoms with van der Waals surface area (Å²) in [6, 6.07) is 5.55. The molecule has 18 heavy (non-hydrogen) atoms. The Morgan fingerprint density at radius 3 is 3.17 bits per heavy atom. The highest BCUT2D eigenvalue weighted by Gasteiger charge is 2.07. The van der Waals surface area contributed by atoms with E-state index in [1.807, 2.05) is 18.2 Å². The largest absolute Gasteiger partial charge is 0.395 e. The van der Waals surface area contributed by atoms with Crippen LogP contribution in [0.4, 0.5) is 0 Å². The number of fused-ring (bicyclic) bond motifs is 1. The van der Waals surface area contributed by atoms with E-state index in [9.17, 15) is 4.79 Å². The van der Waals surface area contributed by atoms with Gasteiger partial charge in [-0.1, -0.05) is 23.4 Å². The van der Waals surface area contributed by atoms with E-state index in [0.717, 1.165) is 14.6 Å². The van der Waals surface area contributed by atoms with E-state index in [1.165, 1.54) is 23.1 Å². The van der Waals surface area contributed by atoms with Crippen molar-refractivity contribution in [3.8, 4) is 0 Å². The molecule has 1 aromatic heterocycles. The molecule has 0 aliphatic carbocycles. The molecule has 1 heterocycles. The molecule has 0 saturated carbocycles. The Morgan fingerprint density at radius 2 is 2.39 bits per heavy atom. The number of thioether (sulfide) groups is 1. The normalized spacial score (nSPS) is 10.8. The number of hydrogen-bond donors (Lipinski definition) is 2. The van der Waals surface area contributed by atoms with E-state index in [4.69, 9.17) is 16.7 Å². The van der Waals surface area contributed by atoms with Crippen LogP contribution in [-0.4, -0.2) is 34.9 Å². The van der Waals surface area contributed by atoms with Crippen molar-refractivity contribution >= 4 is 50.8 Å². The Hall–Kier alpha value is -0.820. The first kappa shape index (κ1) is 13.6. The second-order valence-corrected chi connectivity index (χ2v) is 6.14. The summed E-state index contributed by atoms with van der Waals surface area (Å²) in [5, 5.41) is 11.8. The monoisotopic (exact) mass is 302 g/mol. The van der Waals surface area contributed by atoms with Gasteiger partial charge in [0.1, 0.15) is 0 Å². The van der Waals surface area contributed by atoms with Gasteiger partial charge in [0, 0.05) is 11.6 Å². The number of carbonyl (C=O) groups is 1. The zero-order valence-electron chi connectivity index (χ0n) is 9.35. The Bertz CT molecular complexity index is 559. The van der Waals surface area contributed by atoms with Crippen LogP contribution >= 0.6 is 34.7 Å². The van der Waals surface area contributed by atoms with Gasteiger partial charge in [-0.3, -0.25) is 4.79 Å². The number of aliphatic hydroxyl groups is 1. The molecule has 2 rings (SSSR count). The van der Waals surface area contributed by atoms with Gasteiger partial charge in [-0.25, -0.2) is 4.98 Å². The highest BCUT2D eigenvalue weighted by Crippen LogP contribution is 2.30. The molecule has 0 bridgehead atoms. The van der Waals surface area contributed by atoms with Crippen molar-refractivity contribution in [2.45, 2.75) is 4.34 Å². The standard InChI is InChI=1S/C11H11ClN2O2S2/c12-7-1-2-9-8(5-7)14-11(18-9)17-6-10(16)13-3-4-15/h1-2,5,15H,3-4,6H2,(H,13,16). The van der Waals surface area contributed by atoms with Gasteiger partial charge in [-0.2, -0.15) is 0 Å². The molecule has 2 N–H and O–H groups in total. The van der Waals surface area contributed by atoms with E-state index < -0.39 is 0 Å². The maximum Gasteiger partial charge on any atom is 0.230 e. The molecule has 0 fully saturated rings. The molecule has 0 radical (unpaired) electrons. The smallest absolute Gasteiger partial charge is 0.230 e. The average molecular weight is 303 g/mol. The third-order valence-corrected chi connectivity index (χ3v) is 4.51. The van der Waals surface area contributed by atoms with Crippen LogP contribution in [0, 0.1) is 0 Å². The average Bonchev–Trinajstić information content (AvgIpc) is 2.75. The lowest BCUT2D eigenvalue weighted by molar-refractivity contribution is -0.118. The molecule has 0 saturated heterocycles. The maximum absolute atomic E-state index is 11.4. The Morgan fingerprint density at radius 1 is 1.56 bits per heavy atom. The number of nitrogens with one attached hydrogen (secondary N) is 1. The van der Waals surface area contributed by atoms with E-state index in [1.54, 1.807) is 0 Å². The lowest BCUT2D eigenvalue weighted by Crippen LogP contribution is -2.27. The molecule has 4 nitrogen and oxygen atoms in total. The zero-order valence-corrected chi connectivity index (χ0v) is 11.7. The second kappa shape index (κ2) is 6.38. The molecule has 1 aromatic carbocycles. The maximum atomic E-state index is 11.4. The minimum Gasteiger partial charge on any atom is -0.395 e. The molecule has 0 unspecified atom stereocenters. The fourth-order valence-electron chi connectivity index (χ4n) is 1.31. The Kier molecular flexibility index (Phi) is 4.82. The molecular formula is C11H11ClN2O2S2. The number of hydrogen-bond acceptors (Lipinski definition) is 5. The summed E-state index contributed by atoms with van der Waals surface area (Å²) in [5.41, 5.74) is 0.853. The minimum atomic E-state index is -0.105. The van der Waals surface area contributed by atoms with Crippen LogP contribution in [0.15, 0.2) is 22.5 Å². The van der Waals surface area contributed by atoms with Crippen LogP contribution in [0.25, 0.3) is 10.2 Å². The topological polar surface area (TPSA) is 62.2 Å². The Labute approximate surface area is 117 Å². The predicted molar refractivity (Wildman–Crippen MR) is 75.4 cm³/mol. The van der Waals surface area contributed by atoms with Gasteiger partial charge >= 0.3 is 0 Å². The zero-order chi connectivity index (χ0) is 13.0. The molecule has 1 amide bonds. The number of aliphatic hydroxyl groups excluding tert-OH is 1. The van der Waals surface area contributed by atoms with Gasteiger partial charge in [0.05, 0.1) is 22.6 Å². The number of halogens is 1. The number of thiazole rings is 1. The number of benzene rings is 1. The number of amides is 1. The minimum absolute atomic E-state index is 0.0456. The summed E-state index contributed by atoms with van der Waals surface area (Å²) in [7, 11) is 0. The van der Waals surface area contributed by atoms with Crippen molar-refractivity contribution in [3.63, 3.8) is 0 Å². The van der Waals surface area contributed by atoms with Gasteiger partial charge in [0.2, 0.25) is 5.91 Å². The number of carbonyl (C=O) groups excluding carboxylic acids is 1. The summed E-state index contributed by atoms with van der Waals surface area (Å²) in [4.78, 5) is 15.8. The molecule has 96 valence electrons. The molecule has 0 aliphatic rings. The number of rotatable bonds is 5. The third-order valence-electron chi connectivity index (χ3n) is 2.09. The van der Waals surface area contributed by atoms with Crippen LogP contribution in [0.1, 0.15) is 0 Å². The van der Waals surface area contributed by atoms with E-state index in [-0.39, 0.29) is 19.1 Å². The van der Waals surface area contributed by atoms with Crippen LogP contribution in [-0.2, 0) is 4.79 Å². The molecule has 0 spiro atoms. The van der Waals surface area contributed by atoms with Gasteiger partial charge in [-0.05, 0) is 18.2 Å². The molecular weight excluding hydrogens is 292 g/mol. The first-order chi connectivity index (χ1) is 8.69. The summed E-state index contributed by atoms with van der Waals surface area (Å²) in [6.07, 6.45) is 0. The van der Waals surface area contributed by atoms with Gasteiger partial charge < -0.3 is 10.4 Å². The SMILES string of the molecule is O=C(CSc1nc2cc(Cl)ccc2s1)NCCO. The third kappa shape index (κ3) is 3.58. The van der Waals surface area contributed by atoms with Crippen molar-refractivity contribution in [2.75, 3.05) is 18.9 Å². The first-order valence-electron chi connectivity index (χ1n) is 5.25. The summed E-state index contributed by atoms with van der Waals surface area (Å²) in [5.74, 6) is 0.194. The lowest BCUT2D eigenvalue weighted by atomic mass is 10.3. The van der Waals surface area contributed by atoms with Crippen LogP contribution < -0.4 is 5.32 Å². The van der Waals surface area contributed by atoms with Gasteiger partial charge in [0.25, 0.3) is 0 Å². The lowest BCUT2D eigenvalue weighted by Gasteiger charge is -2.00. The van der Waals surface area contributed by atoms with Gasteiger partial charge in [-0.15, -0.1) is 11.3 Å². The number of aromatic nitrogens is 1. The van der Waals surface area contributed by atoms with Gasteiger partial charge in [0.15, 0.2) is 4.34 Å². The summed E-state index contributed by atoms with van der Waals surface area (Å²) >= 11 is 8.80. The van der Waals surface area contributed by atoms with E-state index in [0.29, 0.717) is 10.8 Å². The van der Waals surface area contributed by atoms with Crippen molar-refractivity contribution in [2.24, 2.45) is 0 Å². The first-order valence-corrected chi connectivity index (χ1v) is 7.43. The quantitative estimate of drug-likeness (QED) is 0.831. The van der Waals surface area contributed by atoms with Crippen LogP contribution in [0.2, 0.25) is 5.02 Å². The highest BCUT2D eigenvalue weighted by atomic mass is 35.5. The fraction of sp³-hybridized carbons (Fsp3) is 0.273. The van der Waals surface area contributed by atoms with E-state index in [2.05, 4.69) is 10.3 Å². The molecule has 2 aromatic rings. The van der Waals surface area contributed by atoms with E-state index >= 15 is 0 Å². The van der Waals surface area contributed by atoms with Crippen molar-refractivity contribution in [3.05, 3.63) is 23.2 Å². The molecule has 0 atom stereocenters. The van der Waals surface area contributed by atoms with Crippen molar-refractivity contribution in [1.82, 2.24) is 10.3 Å². The van der Waals surface area contributed by atoms with Crippen LogP contribution in [0.5, 0.6) is 0 Å². The Balaban J connectivity index is 1.97. The van der Waals surface area contributed by atoms with Crippen LogP contribution in [0.3, 0.4) is 0 Å². The highest BCUT2D eigenvalue weighted by molar-refractivity contribution is 8.01. The van der Waals surface area contributed by atoms with Crippen molar-refractivity contribution in [1.29, 1.82) is 0 Å². The molecule has 7 heteroatoms. The summed E-state index contributed by atoms with van der Waals surface area (Å²) in [6.45, 7) is 0.241. The number of nitrogens with zero attached hydrogens (tertiary/aromatic N) is 1. The fourth-order valence-corrected chi connectivity index (χ4v) is 3.36.